The van der Waals surface area contributed by atoms with Crippen LogP contribution in [0.3, 0.4) is 0 Å². The molecule has 72 valence electrons. The van der Waals surface area contributed by atoms with Gasteiger partial charge in [0.15, 0.2) is 0 Å². The Morgan fingerprint density at radius 3 is 3.00 bits per heavy atom. The lowest BCUT2D eigenvalue weighted by atomic mass is 10.3. The largest absolute Gasteiger partial charge is 0.348 e. The molecule has 0 aromatic carbocycles. The number of nitrogens with one attached hydrogen (secondary N) is 2. The SMILES string of the molecule is CNCC(=O)N[C@@H](C)c1cccs1. The van der Waals surface area contributed by atoms with Crippen LogP contribution >= 0.6 is 11.3 Å². The first-order valence-corrected chi connectivity index (χ1v) is 5.09. The molecule has 13 heavy (non-hydrogen) atoms. The van der Waals surface area contributed by atoms with Gasteiger partial charge in [0, 0.05) is 4.88 Å². The van der Waals surface area contributed by atoms with E-state index in [1.807, 2.05) is 24.4 Å². The fourth-order valence-corrected chi connectivity index (χ4v) is 1.80. The van der Waals surface area contributed by atoms with E-state index < -0.39 is 0 Å². The lowest BCUT2D eigenvalue weighted by molar-refractivity contribution is -0.120. The Bertz CT molecular complexity index is 259. The van der Waals surface area contributed by atoms with Crippen molar-refractivity contribution < 1.29 is 4.79 Å². The minimum Gasteiger partial charge on any atom is -0.348 e. The first-order valence-electron chi connectivity index (χ1n) is 4.21. The van der Waals surface area contributed by atoms with Crippen molar-refractivity contribution in [1.82, 2.24) is 10.6 Å². The van der Waals surface area contributed by atoms with E-state index >= 15 is 0 Å². The highest BCUT2D eigenvalue weighted by Crippen LogP contribution is 2.17. The van der Waals surface area contributed by atoms with E-state index in [0.29, 0.717) is 6.54 Å². The molecule has 0 bridgehead atoms. The smallest absolute Gasteiger partial charge is 0.234 e. The van der Waals surface area contributed by atoms with E-state index in [-0.39, 0.29) is 11.9 Å². The van der Waals surface area contributed by atoms with Gasteiger partial charge in [-0.2, -0.15) is 0 Å². The summed E-state index contributed by atoms with van der Waals surface area (Å²) in [4.78, 5) is 12.4. The Morgan fingerprint density at radius 2 is 2.46 bits per heavy atom. The number of thiophene rings is 1. The summed E-state index contributed by atoms with van der Waals surface area (Å²) in [6.45, 7) is 2.36. The van der Waals surface area contributed by atoms with Crippen molar-refractivity contribution in [3.05, 3.63) is 22.4 Å². The third-order valence-corrected chi connectivity index (χ3v) is 2.74. The first kappa shape index (κ1) is 10.2. The highest BCUT2D eigenvalue weighted by atomic mass is 32.1. The highest BCUT2D eigenvalue weighted by Gasteiger charge is 2.08. The van der Waals surface area contributed by atoms with Crippen LogP contribution in [0.25, 0.3) is 0 Å². The Labute approximate surface area is 82.2 Å². The molecule has 3 nitrogen and oxygen atoms in total. The monoisotopic (exact) mass is 198 g/mol. The molecule has 0 unspecified atom stereocenters. The molecule has 4 heteroatoms. The summed E-state index contributed by atoms with van der Waals surface area (Å²) in [6, 6.07) is 4.12. The quantitative estimate of drug-likeness (QED) is 0.762. The van der Waals surface area contributed by atoms with Gasteiger partial charge in [-0.25, -0.2) is 0 Å². The predicted molar refractivity (Wildman–Crippen MR) is 54.8 cm³/mol. The molecule has 0 spiro atoms. The lowest BCUT2D eigenvalue weighted by Crippen LogP contribution is -2.33. The average Bonchev–Trinajstić information content (AvgIpc) is 2.55. The lowest BCUT2D eigenvalue weighted by Gasteiger charge is -2.11. The Kier molecular flexibility index (Phi) is 3.92. The van der Waals surface area contributed by atoms with E-state index in [4.69, 9.17) is 0 Å². The molecule has 1 amide bonds. The second kappa shape index (κ2) is 4.99. The van der Waals surface area contributed by atoms with Crippen LogP contribution in [0.4, 0.5) is 0 Å². The molecular weight excluding hydrogens is 184 g/mol. The zero-order valence-electron chi connectivity index (χ0n) is 7.83. The van der Waals surface area contributed by atoms with Crippen molar-refractivity contribution >= 4 is 17.2 Å². The number of rotatable bonds is 4. The molecule has 0 fully saturated rings. The maximum atomic E-state index is 11.2. The molecule has 1 rings (SSSR count). The Hall–Kier alpha value is -0.870. The molecule has 0 radical (unpaired) electrons. The Morgan fingerprint density at radius 1 is 1.69 bits per heavy atom. The molecule has 0 aliphatic rings. The Balaban J connectivity index is 2.42. The fraction of sp³-hybridized carbons (Fsp3) is 0.444. The fourth-order valence-electron chi connectivity index (χ4n) is 1.06. The second-order valence-electron chi connectivity index (χ2n) is 2.83. The van der Waals surface area contributed by atoms with E-state index in [1.165, 1.54) is 4.88 Å². The van der Waals surface area contributed by atoms with Gasteiger partial charge in [0.1, 0.15) is 0 Å². The van der Waals surface area contributed by atoms with E-state index in [2.05, 4.69) is 10.6 Å². The number of carbonyl (C=O) groups excluding carboxylic acids is 1. The van der Waals surface area contributed by atoms with Gasteiger partial charge in [-0.3, -0.25) is 4.79 Å². The van der Waals surface area contributed by atoms with Crippen LogP contribution in [0.5, 0.6) is 0 Å². The highest BCUT2D eigenvalue weighted by molar-refractivity contribution is 7.10. The standard InChI is InChI=1S/C9H14N2OS/c1-7(8-4-3-5-13-8)11-9(12)6-10-2/h3-5,7,10H,6H2,1-2H3,(H,11,12)/t7-/m0/s1. The third kappa shape index (κ3) is 3.16. The topological polar surface area (TPSA) is 41.1 Å². The molecule has 1 atom stereocenters. The number of amides is 1. The number of hydrogen-bond acceptors (Lipinski definition) is 3. The van der Waals surface area contributed by atoms with E-state index in [0.717, 1.165) is 0 Å². The maximum absolute atomic E-state index is 11.2. The summed E-state index contributed by atoms with van der Waals surface area (Å²) in [5.41, 5.74) is 0. The van der Waals surface area contributed by atoms with Crippen LogP contribution in [0.15, 0.2) is 17.5 Å². The van der Waals surface area contributed by atoms with Crippen molar-refractivity contribution in [2.24, 2.45) is 0 Å². The van der Waals surface area contributed by atoms with Gasteiger partial charge in [-0.1, -0.05) is 6.07 Å². The van der Waals surface area contributed by atoms with Crippen LogP contribution in [-0.2, 0) is 4.79 Å². The molecule has 0 aliphatic heterocycles. The molecule has 2 N–H and O–H groups in total. The number of hydrogen-bond donors (Lipinski definition) is 2. The van der Waals surface area contributed by atoms with Gasteiger partial charge in [-0.05, 0) is 25.4 Å². The van der Waals surface area contributed by atoms with E-state index in [1.54, 1.807) is 18.4 Å². The summed E-state index contributed by atoms with van der Waals surface area (Å²) < 4.78 is 0. The minimum absolute atomic E-state index is 0.0309. The molecule has 0 saturated heterocycles. The van der Waals surface area contributed by atoms with Gasteiger partial charge >= 0.3 is 0 Å². The summed E-state index contributed by atoms with van der Waals surface area (Å²) in [5, 5.41) is 7.71. The zero-order valence-corrected chi connectivity index (χ0v) is 8.65. The second-order valence-corrected chi connectivity index (χ2v) is 3.81. The molecule has 1 aromatic rings. The van der Waals surface area contributed by atoms with Gasteiger partial charge in [0.05, 0.1) is 12.6 Å². The van der Waals surface area contributed by atoms with Crippen LogP contribution in [0, 0.1) is 0 Å². The van der Waals surface area contributed by atoms with Crippen molar-refractivity contribution in [2.75, 3.05) is 13.6 Å². The van der Waals surface area contributed by atoms with Gasteiger partial charge < -0.3 is 10.6 Å². The predicted octanol–water partition coefficient (Wildman–Crippen LogP) is 1.14. The van der Waals surface area contributed by atoms with Crippen molar-refractivity contribution in [3.63, 3.8) is 0 Å². The molecule has 0 aliphatic carbocycles. The third-order valence-electron chi connectivity index (χ3n) is 1.68. The molecular formula is C9H14N2OS. The summed E-state index contributed by atoms with van der Waals surface area (Å²) in [7, 11) is 1.76. The van der Waals surface area contributed by atoms with Gasteiger partial charge in [0.2, 0.25) is 5.91 Å². The molecule has 1 aromatic heterocycles. The normalized spacial score (nSPS) is 12.5. The summed E-state index contributed by atoms with van der Waals surface area (Å²) in [6.07, 6.45) is 0. The molecule has 1 heterocycles. The average molecular weight is 198 g/mol. The number of likely N-dealkylation sites (N-methyl/N-ethyl adjacent to an activating group) is 1. The van der Waals surface area contributed by atoms with E-state index in [9.17, 15) is 4.79 Å². The summed E-state index contributed by atoms with van der Waals surface area (Å²) in [5.74, 6) is 0.0309. The zero-order chi connectivity index (χ0) is 9.68. The van der Waals surface area contributed by atoms with Crippen LogP contribution < -0.4 is 10.6 Å². The minimum atomic E-state index is 0.0309. The van der Waals surface area contributed by atoms with Crippen LogP contribution in [-0.4, -0.2) is 19.5 Å². The van der Waals surface area contributed by atoms with Crippen LogP contribution in [0.2, 0.25) is 0 Å². The van der Waals surface area contributed by atoms with Crippen molar-refractivity contribution in [2.45, 2.75) is 13.0 Å². The van der Waals surface area contributed by atoms with Gasteiger partial charge in [0.25, 0.3) is 0 Å². The van der Waals surface area contributed by atoms with Crippen molar-refractivity contribution in [1.29, 1.82) is 0 Å². The summed E-state index contributed by atoms with van der Waals surface area (Å²) >= 11 is 1.66. The van der Waals surface area contributed by atoms with Gasteiger partial charge in [-0.15, -0.1) is 11.3 Å². The van der Waals surface area contributed by atoms with Crippen molar-refractivity contribution in [3.8, 4) is 0 Å². The number of carbonyl (C=O) groups is 1. The molecule has 0 saturated carbocycles. The first-order chi connectivity index (χ1) is 6.24. The van der Waals surface area contributed by atoms with Crippen LogP contribution in [0.1, 0.15) is 17.8 Å². The maximum Gasteiger partial charge on any atom is 0.234 e.